The highest BCUT2D eigenvalue weighted by atomic mass is 32.2. The molecule has 4 rings (SSSR count). The van der Waals surface area contributed by atoms with Crippen LogP contribution in [0, 0.1) is 5.82 Å². The van der Waals surface area contributed by atoms with Crippen LogP contribution in [0.1, 0.15) is 25.8 Å². The first kappa shape index (κ1) is 25.7. The molecule has 0 amide bonds. The summed E-state index contributed by atoms with van der Waals surface area (Å²) in [6.07, 6.45) is 2.15. The molecule has 3 aromatic carbocycles. The van der Waals surface area contributed by atoms with E-state index in [2.05, 4.69) is 4.98 Å². The van der Waals surface area contributed by atoms with Crippen LogP contribution in [-0.4, -0.2) is 32.2 Å². The average molecular weight is 529 g/mol. The van der Waals surface area contributed by atoms with Gasteiger partial charge in [0.2, 0.25) is 10.0 Å². The number of para-hydroxylation sites is 1. The molecule has 188 valence electrons. The van der Waals surface area contributed by atoms with Crippen molar-refractivity contribution in [3.63, 3.8) is 0 Å². The first-order chi connectivity index (χ1) is 17.1. The fourth-order valence-corrected chi connectivity index (χ4v) is 6.49. The number of pyridine rings is 1. The van der Waals surface area contributed by atoms with E-state index in [0.717, 1.165) is 29.7 Å². The zero-order valence-electron chi connectivity index (χ0n) is 19.7. The van der Waals surface area contributed by atoms with Gasteiger partial charge in [-0.25, -0.2) is 12.8 Å². The van der Waals surface area contributed by atoms with Crippen LogP contribution in [0.2, 0.25) is 0 Å². The van der Waals surface area contributed by atoms with Crippen molar-refractivity contribution in [1.82, 2.24) is 9.29 Å². The molecule has 1 unspecified atom stereocenters. The van der Waals surface area contributed by atoms with E-state index in [9.17, 15) is 21.2 Å². The number of halogens is 1. The summed E-state index contributed by atoms with van der Waals surface area (Å²) in [5, 5.41) is 0.728. The molecule has 0 N–H and O–H groups in total. The van der Waals surface area contributed by atoms with Gasteiger partial charge < -0.3 is 4.18 Å². The minimum absolute atomic E-state index is 0.0549. The smallest absolute Gasteiger partial charge is 0.339 e. The first-order valence-corrected chi connectivity index (χ1v) is 14.1. The van der Waals surface area contributed by atoms with Crippen molar-refractivity contribution in [2.75, 3.05) is 0 Å². The highest BCUT2D eigenvalue weighted by molar-refractivity contribution is 7.89. The predicted molar refractivity (Wildman–Crippen MR) is 135 cm³/mol. The molecule has 0 saturated carbocycles. The molecule has 0 fully saturated rings. The van der Waals surface area contributed by atoms with Gasteiger partial charge in [0.1, 0.15) is 21.4 Å². The molecule has 10 heteroatoms. The van der Waals surface area contributed by atoms with Crippen LogP contribution in [0.15, 0.2) is 94.9 Å². The number of sulfonamides is 1. The SMILES string of the molecule is CCC(C)N(Cc1ccc(OS(=O)(=O)c2ccc(F)cc2)cc1)S(=O)(=O)c1cccc2cccnc12. The van der Waals surface area contributed by atoms with Gasteiger partial charge in [-0.05, 0) is 67.4 Å². The van der Waals surface area contributed by atoms with Crippen molar-refractivity contribution >= 4 is 31.0 Å². The maximum absolute atomic E-state index is 13.7. The Morgan fingerprint density at radius 3 is 2.25 bits per heavy atom. The maximum atomic E-state index is 13.7. The number of nitrogens with zero attached hydrogens (tertiary/aromatic N) is 2. The molecular weight excluding hydrogens is 503 g/mol. The summed E-state index contributed by atoms with van der Waals surface area (Å²) in [6.45, 7) is 3.82. The van der Waals surface area contributed by atoms with Crippen molar-refractivity contribution in [2.45, 2.75) is 42.6 Å². The molecule has 0 radical (unpaired) electrons. The molecule has 1 aromatic heterocycles. The fourth-order valence-electron chi connectivity index (χ4n) is 3.70. The average Bonchev–Trinajstić information content (AvgIpc) is 2.87. The van der Waals surface area contributed by atoms with Gasteiger partial charge >= 0.3 is 10.1 Å². The lowest BCUT2D eigenvalue weighted by Crippen LogP contribution is -2.37. The zero-order valence-corrected chi connectivity index (χ0v) is 21.3. The third kappa shape index (κ3) is 5.40. The van der Waals surface area contributed by atoms with Gasteiger partial charge in [-0.3, -0.25) is 4.98 Å². The van der Waals surface area contributed by atoms with E-state index < -0.39 is 26.0 Å². The number of rotatable bonds is 9. The first-order valence-electron chi connectivity index (χ1n) is 11.3. The summed E-state index contributed by atoms with van der Waals surface area (Å²) < 4.78 is 72.1. The Bertz CT molecular complexity index is 1570. The van der Waals surface area contributed by atoms with E-state index in [1.165, 1.54) is 16.4 Å². The molecule has 0 saturated heterocycles. The van der Waals surface area contributed by atoms with Crippen LogP contribution < -0.4 is 4.18 Å². The van der Waals surface area contributed by atoms with E-state index in [-0.39, 0.29) is 28.1 Å². The van der Waals surface area contributed by atoms with E-state index in [1.54, 1.807) is 36.5 Å². The van der Waals surface area contributed by atoms with Crippen molar-refractivity contribution < 1.29 is 25.4 Å². The number of hydrogen-bond acceptors (Lipinski definition) is 6. The number of hydrogen-bond donors (Lipinski definition) is 0. The second kappa shape index (κ2) is 10.3. The largest absolute Gasteiger partial charge is 0.379 e. The number of fused-ring (bicyclic) bond motifs is 1. The van der Waals surface area contributed by atoms with Crippen molar-refractivity contribution in [3.05, 3.63) is 96.4 Å². The van der Waals surface area contributed by atoms with Gasteiger partial charge in [-0.2, -0.15) is 12.7 Å². The van der Waals surface area contributed by atoms with E-state index in [0.29, 0.717) is 17.5 Å². The Balaban J connectivity index is 1.60. The lowest BCUT2D eigenvalue weighted by atomic mass is 10.2. The zero-order chi connectivity index (χ0) is 25.9. The van der Waals surface area contributed by atoms with Crippen LogP contribution in [0.25, 0.3) is 10.9 Å². The summed E-state index contributed by atoms with van der Waals surface area (Å²) in [6, 6.07) is 18.8. The quantitative estimate of drug-likeness (QED) is 0.280. The van der Waals surface area contributed by atoms with Crippen LogP contribution in [-0.2, 0) is 26.7 Å². The molecule has 0 spiro atoms. The molecule has 0 aliphatic carbocycles. The maximum Gasteiger partial charge on any atom is 0.339 e. The normalized spacial score (nSPS) is 13.1. The van der Waals surface area contributed by atoms with Crippen LogP contribution in [0.3, 0.4) is 0 Å². The second-order valence-electron chi connectivity index (χ2n) is 8.27. The summed E-state index contributed by atoms with van der Waals surface area (Å²) in [5.41, 5.74) is 1.06. The molecule has 0 aliphatic heterocycles. The highest BCUT2D eigenvalue weighted by Gasteiger charge is 2.30. The van der Waals surface area contributed by atoms with Crippen molar-refractivity contribution in [3.8, 4) is 5.75 Å². The molecule has 1 atom stereocenters. The Hall–Kier alpha value is -3.34. The Morgan fingerprint density at radius 1 is 0.917 bits per heavy atom. The second-order valence-corrected chi connectivity index (χ2v) is 11.7. The summed E-state index contributed by atoms with van der Waals surface area (Å²) in [7, 11) is -8.05. The minimum Gasteiger partial charge on any atom is -0.379 e. The van der Waals surface area contributed by atoms with Crippen LogP contribution in [0.5, 0.6) is 5.75 Å². The predicted octanol–water partition coefficient (Wildman–Crippen LogP) is 5.13. The van der Waals surface area contributed by atoms with Gasteiger partial charge in [-0.15, -0.1) is 0 Å². The van der Waals surface area contributed by atoms with Gasteiger partial charge in [0, 0.05) is 24.2 Å². The molecular formula is C26H25FN2O5S2. The van der Waals surface area contributed by atoms with Crippen LogP contribution >= 0.6 is 0 Å². The van der Waals surface area contributed by atoms with Crippen molar-refractivity contribution in [2.24, 2.45) is 0 Å². The summed E-state index contributed by atoms with van der Waals surface area (Å²) in [4.78, 5) is 4.25. The summed E-state index contributed by atoms with van der Waals surface area (Å²) in [5.74, 6) is -0.502. The standard InChI is InChI=1S/C26H25FN2O5S2/c1-3-19(2)29(35(30,31)25-8-4-6-21-7-5-17-28-26(21)25)18-20-9-13-23(14-10-20)34-36(32,33)24-15-11-22(27)12-16-24/h4-17,19H,3,18H2,1-2H3. The highest BCUT2D eigenvalue weighted by Crippen LogP contribution is 2.28. The number of aromatic nitrogens is 1. The van der Waals surface area contributed by atoms with Gasteiger partial charge in [0.15, 0.2) is 0 Å². The van der Waals surface area contributed by atoms with Gasteiger partial charge in [0.25, 0.3) is 0 Å². The summed E-state index contributed by atoms with van der Waals surface area (Å²) >= 11 is 0. The molecule has 0 bridgehead atoms. The third-order valence-electron chi connectivity index (χ3n) is 5.83. The Labute approximate surface area is 210 Å². The van der Waals surface area contributed by atoms with Gasteiger partial charge in [-0.1, -0.05) is 37.3 Å². The lowest BCUT2D eigenvalue weighted by Gasteiger charge is -2.28. The Kier molecular flexibility index (Phi) is 7.39. The molecule has 7 nitrogen and oxygen atoms in total. The van der Waals surface area contributed by atoms with E-state index in [1.807, 2.05) is 26.0 Å². The minimum atomic E-state index is -4.14. The van der Waals surface area contributed by atoms with E-state index >= 15 is 0 Å². The third-order valence-corrected chi connectivity index (χ3v) is 9.09. The van der Waals surface area contributed by atoms with Crippen molar-refractivity contribution in [1.29, 1.82) is 0 Å². The molecule has 36 heavy (non-hydrogen) atoms. The Morgan fingerprint density at radius 2 is 1.58 bits per heavy atom. The fraction of sp³-hybridized carbons (Fsp3) is 0.192. The number of benzene rings is 3. The van der Waals surface area contributed by atoms with Crippen LogP contribution in [0.4, 0.5) is 4.39 Å². The molecule has 4 aromatic rings. The lowest BCUT2D eigenvalue weighted by molar-refractivity contribution is 0.323. The molecule has 0 aliphatic rings. The van der Waals surface area contributed by atoms with Gasteiger partial charge in [0.05, 0.1) is 5.52 Å². The molecule has 1 heterocycles. The topological polar surface area (TPSA) is 93.6 Å². The van der Waals surface area contributed by atoms with E-state index in [4.69, 9.17) is 4.18 Å². The monoisotopic (exact) mass is 528 g/mol.